The molecule has 20 heavy (non-hydrogen) atoms. The van der Waals surface area contributed by atoms with Gasteiger partial charge in [-0.3, -0.25) is 9.58 Å². The van der Waals surface area contributed by atoms with Gasteiger partial charge in [-0.1, -0.05) is 0 Å². The number of hydrogen-bond acceptors (Lipinski definition) is 4. The van der Waals surface area contributed by atoms with Gasteiger partial charge >= 0.3 is 0 Å². The van der Waals surface area contributed by atoms with Crippen LogP contribution in [0.4, 0.5) is 5.82 Å². The van der Waals surface area contributed by atoms with E-state index in [9.17, 15) is 0 Å². The molecule has 0 amide bonds. The molecule has 2 N–H and O–H groups in total. The molecule has 1 saturated heterocycles. The van der Waals surface area contributed by atoms with Crippen molar-refractivity contribution in [2.75, 3.05) is 44.2 Å². The van der Waals surface area contributed by atoms with Gasteiger partial charge in [-0.05, 0) is 38.6 Å². The zero-order valence-corrected chi connectivity index (χ0v) is 12.8. The van der Waals surface area contributed by atoms with E-state index in [2.05, 4.69) is 28.9 Å². The Morgan fingerprint density at radius 1 is 1.20 bits per heavy atom. The van der Waals surface area contributed by atoms with Crippen LogP contribution >= 0.6 is 0 Å². The third-order valence-corrected chi connectivity index (χ3v) is 4.59. The number of anilines is 1. The van der Waals surface area contributed by atoms with Crippen molar-refractivity contribution in [3.8, 4) is 0 Å². The zero-order valence-electron chi connectivity index (χ0n) is 12.8. The van der Waals surface area contributed by atoms with Crippen LogP contribution in [0.5, 0.6) is 0 Å². The van der Waals surface area contributed by atoms with Gasteiger partial charge in [-0.25, -0.2) is 0 Å². The molecule has 1 aliphatic carbocycles. The fourth-order valence-electron chi connectivity index (χ4n) is 3.33. The van der Waals surface area contributed by atoms with Gasteiger partial charge in [-0.2, -0.15) is 5.10 Å². The molecule has 0 aromatic carbocycles. The molecular formula is C15H27N5. The van der Waals surface area contributed by atoms with E-state index in [1.165, 1.54) is 43.9 Å². The van der Waals surface area contributed by atoms with Crippen molar-refractivity contribution >= 4 is 5.82 Å². The number of nitrogens with zero attached hydrogens (tertiary/aromatic N) is 4. The lowest BCUT2D eigenvalue weighted by atomic mass is 10.1. The SMILES string of the molecule is Cc1nn(C)c(N2CCN(CC3CC3)CC2)c1CCN. The van der Waals surface area contributed by atoms with Crippen LogP contribution in [0.15, 0.2) is 0 Å². The lowest BCUT2D eigenvalue weighted by Crippen LogP contribution is -2.47. The molecule has 0 atom stereocenters. The van der Waals surface area contributed by atoms with Crippen molar-refractivity contribution in [1.29, 1.82) is 0 Å². The quantitative estimate of drug-likeness (QED) is 0.863. The summed E-state index contributed by atoms with van der Waals surface area (Å²) in [4.78, 5) is 5.12. The molecule has 0 unspecified atom stereocenters. The van der Waals surface area contributed by atoms with Crippen molar-refractivity contribution in [3.05, 3.63) is 11.3 Å². The Balaban J connectivity index is 1.67. The molecule has 0 radical (unpaired) electrons. The van der Waals surface area contributed by atoms with Gasteiger partial charge in [0, 0.05) is 45.3 Å². The van der Waals surface area contributed by atoms with Crippen LogP contribution in [-0.2, 0) is 13.5 Å². The van der Waals surface area contributed by atoms with Crippen LogP contribution in [0, 0.1) is 12.8 Å². The van der Waals surface area contributed by atoms with Crippen LogP contribution in [0.25, 0.3) is 0 Å². The number of aryl methyl sites for hydroxylation is 2. The average molecular weight is 277 g/mol. The predicted molar refractivity (Wildman–Crippen MR) is 82.1 cm³/mol. The Bertz CT molecular complexity index is 455. The summed E-state index contributed by atoms with van der Waals surface area (Å²) in [5.74, 6) is 2.28. The number of piperazine rings is 1. The van der Waals surface area contributed by atoms with E-state index in [1.54, 1.807) is 0 Å². The van der Waals surface area contributed by atoms with Crippen molar-refractivity contribution in [2.24, 2.45) is 18.7 Å². The van der Waals surface area contributed by atoms with E-state index < -0.39 is 0 Å². The van der Waals surface area contributed by atoms with Crippen LogP contribution in [-0.4, -0.2) is 53.9 Å². The number of nitrogens with two attached hydrogens (primary N) is 1. The van der Waals surface area contributed by atoms with E-state index in [1.807, 2.05) is 4.68 Å². The van der Waals surface area contributed by atoms with E-state index in [4.69, 9.17) is 5.73 Å². The van der Waals surface area contributed by atoms with Gasteiger partial charge in [0.15, 0.2) is 0 Å². The van der Waals surface area contributed by atoms with Crippen molar-refractivity contribution < 1.29 is 0 Å². The molecule has 2 heterocycles. The molecule has 1 aliphatic heterocycles. The fourth-order valence-corrected chi connectivity index (χ4v) is 3.33. The molecule has 1 aromatic heterocycles. The van der Waals surface area contributed by atoms with Crippen molar-refractivity contribution in [2.45, 2.75) is 26.2 Å². The normalized spacial score (nSPS) is 20.6. The summed E-state index contributed by atoms with van der Waals surface area (Å²) >= 11 is 0. The van der Waals surface area contributed by atoms with Gasteiger partial charge in [0.25, 0.3) is 0 Å². The maximum atomic E-state index is 5.76. The Kier molecular flexibility index (Phi) is 3.98. The Morgan fingerprint density at radius 3 is 2.50 bits per heavy atom. The predicted octanol–water partition coefficient (Wildman–Crippen LogP) is 0.762. The molecule has 2 aliphatic rings. The summed E-state index contributed by atoms with van der Waals surface area (Å²) in [7, 11) is 2.05. The molecule has 1 aromatic rings. The summed E-state index contributed by atoms with van der Waals surface area (Å²) in [6.07, 6.45) is 3.82. The third-order valence-electron chi connectivity index (χ3n) is 4.59. The highest BCUT2D eigenvalue weighted by Crippen LogP contribution is 2.30. The minimum absolute atomic E-state index is 0.696. The molecule has 112 valence electrons. The molecule has 5 nitrogen and oxygen atoms in total. The number of rotatable bonds is 5. The van der Waals surface area contributed by atoms with Crippen LogP contribution < -0.4 is 10.6 Å². The van der Waals surface area contributed by atoms with Crippen molar-refractivity contribution in [1.82, 2.24) is 14.7 Å². The molecule has 0 bridgehead atoms. The Hall–Kier alpha value is -1.07. The smallest absolute Gasteiger partial charge is 0.130 e. The second kappa shape index (κ2) is 5.74. The monoisotopic (exact) mass is 277 g/mol. The molecule has 5 heteroatoms. The number of aromatic nitrogens is 2. The van der Waals surface area contributed by atoms with Gasteiger partial charge in [-0.15, -0.1) is 0 Å². The summed E-state index contributed by atoms with van der Waals surface area (Å²) in [5, 5.41) is 4.59. The summed E-state index contributed by atoms with van der Waals surface area (Å²) in [6.45, 7) is 8.70. The second-order valence-electron chi connectivity index (χ2n) is 6.28. The molecular weight excluding hydrogens is 250 g/mol. The number of hydrogen-bond donors (Lipinski definition) is 1. The highest BCUT2D eigenvalue weighted by atomic mass is 15.4. The summed E-state index contributed by atoms with van der Waals surface area (Å²) in [5.41, 5.74) is 8.23. The van der Waals surface area contributed by atoms with Gasteiger partial charge in [0.05, 0.1) is 5.69 Å². The van der Waals surface area contributed by atoms with Crippen molar-refractivity contribution in [3.63, 3.8) is 0 Å². The van der Waals surface area contributed by atoms with Crippen LogP contribution in [0.3, 0.4) is 0 Å². The minimum Gasteiger partial charge on any atom is -0.354 e. The van der Waals surface area contributed by atoms with E-state index in [0.717, 1.165) is 31.1 Å². The lowest BCUT2D eigenvalue weighted by Gasteiger charge is -2.36. The van der Waals surface area contributed by atoms with E-state index >= 15 is 0 Å². The van der Waals surface area contributed by atoms with Crippen LogP contribution in [0.1, 0.15) is 24.1 Å². The first-order chi connectivity index (χ1) is 9.69. The lowest BCUT2D eigenvalue weighted by molar-refractivity contribution is 0.247. The Labute approximate surface area is 121 Å². The first-order valence-corrected chi connectivity index (χ1v) is 7.89. The first kappa shape index (κ1) is 13.9. The fraction of sp³-hybridized carbons (Fsp3) is 0.800. The van der Waals surface area contributed by atoms with E-state index in [-0.39, 0.29) is 0 Å². The van der Waals surface area contributed by atoms with Gasteiger partial charge < -0.3 is 10.6 Å². The molecule has 1 saturated carbocycles. The highest BCUT2D eigenvalue weighted by Gasteiger charge is 2.28. The maximum absolute atomic E-state index is 5.76. The second-order valence-corrected chi connectivity index (χ2v) is 6.28. The molecule has 2 fully saturated rings. The van der Waals surface area contributed by atoms with Gasteiger partial charge in [0.1, 0.15) is 5.82 Å². The topological polar surface area (TPSA) is 50.3 Å². The first-order valence-electron chi connectivity index (χ1n) is 7.89. The largest absolute Gasteiger partial charge is 0.354 e. The summed E-state index contributed by atoms with van der Waals surface area (Å²) in [6, 6.07) is 0. The zero-order chi connectivity index (χ0) is 14.1. The van der Waals surface area contributed by atoms with Gasteiger partial charge in [0.2, 0.25) is 0 Å². The minimum atomic E-state index is 0.696. The van der Waals surface area contributed by atoms with Crippen LogP contribution in [0.2, 0.25) is 0 Å². The third kappa shape index (κ3) is 2.83. The molecule has 3 rings (SSSR count). The molecule has 0 spiro atoms. The summed E-state index contributed by atoms with van der Waals surface area (Å²) < 4.78 is 2.04. The van der Waals surface area contributed by atoms with E-state index in [0.29, 0.717) is 6.54 Å². The highest BCUT2D eigenvalue weighted by molar-refractivity contribution is 5.50. The maximum Gasteiger partial charge on any atom is 0.130 e. The average Bonchev–Trinajstić information content (AvgIpc) is 3.19. The standard InChI is InChI=1S/C15H27N5/c1-12-14(5-6-16)15(18(2)17-12)20-9-7-19(8-10-20)11-13-3-4-13/h13H,3-11,16H2,1-2H3. The Morgan fingerprint density at radius 2 is 1.90 bits per heavy atom.